The van der Waals surface area contributed by atoms with E-state index in [1.165, 1.54) is 4.90 Å². The van der Waals surface area contributed by atoms with Crippen LogP contribution in [0.25, 0.3) is 0 Å². The third kappa shape index (κ3) is 3.10. The van der Waals surface area contributed by atoms with Gasteiger partial charge < -0.3 is 15.4 Å². The molecule has 8 heteroatoms. The molecule has 0 radical (unpaired) electrons. The van der Waals surface area contributed by atoms with E-state index >= 15 is 0 Å². The fourth-order valence-electron chi connectivity index (χ4n) is 2.37. The fourth-order valence-corrected chi connectivity index (χ4v) is 2.37. The molecule has 0 saturated carbocycles. The van der Waals surface area contributed by atoms with Crippen molar-refractivity contribution in [2.75, 3.05) is 25.9 Å². The lowest BCUT2D eigenvalue weighted by atomic mass is 10.0. The van der Waals surface area contributed by atoms with Crippen LogP contribution in [0.4, 0.5) is 15.8 Å². The van der Waals surface area contributed by atoms with Crippen molar-refractivity contribution < 1.29 is 18.8 Å². The summed E-state index contributed by atoms with van der Waals surface area (Å²) >= 11 is 0. The van der Waals surface area contributed by atoms with E-state index in [-0.39, 0.29) is 17.4 Å². The van der Waals surface area contributed by atoms with Crippen LogP contribution in [-0.2, 0) is 4.74 Å². The standard InChI is InChI=1S/C13H16FN3O4/c1-21-8-2-4-16(5-3-8)13(18)9-6-11(15)10(14)7-12(9)17(19)20/h6-8H,2-5,15H2,1H3. The molecule has 0 bridgehead atoms. The number of nitro benzene ring substituents is 1. The SMILES string of the molecule is COC1CCN(C(=O)c2cc(N)c(F)cc2[N+](=O)[O-])CC1. The van der Waals surface area contributed by atoms with Crippen molar-refractivity contribution in [2.24, 2.45) is 0 Å². The summed E-state index contributed by atoms with van der Waals surface area (Å²) in [7, 11) is 1.60. The second kappa shape index (κ2) is 6.04. The Bertz CT molecular complexity index is 571. The lowest BCUT2D eigenvalue weighted by Crippen LogP contribution is -2.40. The van der Waals surface area contributed by atoms with E-state index in [9.17, 15) is 19.3 Å². The molecule has 2 N–H and O–H groups in total. The Balaban J connectivity index is 2.27. The molecule has 7 nitrogen and oxygen atoms in total. The number of nitrogens with two attached hydrogens (primary N) is 1. The Labute approximate surface area is 120 Å². The predicted molar refractivity (Wildman–Crippen MR) is 73.4 cm³/mol. The number of anilines is 1. The number of carbonyl (C=O) groups is 1. The number of nitrogen functional groups attached to an aromatic ring is 1. The van der Waals surface area contributed by atoms with E-state index in [2.05, 4.69) is 0 Å². The van der Waals surface area contributed by atoms with Gasteiger partial charge in [0.2, 0.25) is 0 Å². The van der Waals surface area contributed by atoms with Gasteiger partial charge in [0.25, 0.3) is 11.6 Å². The molecule has 0 spiro atoms. The average Bonchev–Trinajstić information content (AvgIpc) is 2.48. The maximum absolute atomic E-state index is 13.4. The molecule has 21 heavy (non-hydrogen) atoms. The first-order valence-corrected chi connectivity index (χ1v) is 6.49. The number of likely N-dealkylation sites (tertiary alicyclic amines) is 1. The van der Waals surface area contributed by atoms with Gasteiger partial charge in [-0.2, -0.15) is 0 Å². The van der Waals surface area contributed by atoms with Crippen LogP contribution in [0.15, 0.2) is 12.1 Å². The Morgan fingerprint density at radius 3 is 2.62 bits per heavy atom. The van der Waals surface area contributed by atoms with E-state index in [1.54, 1.807) is 7.11 Å². The molecule has 1 heterocycles. The molecule has 114 valence electrons. The van der Waals surface area contributed by atoms with E-state index in [0.717, 1.165) is 6.07 Å². The molecule has 1 aromatic carbocycles. The monoisotopic (exact) mass is 297 g/mol. The van der Waals surface area contributed by atoms with E-state index in [4.69, 9.17) is 10.5 Å². The lowest BCUT2D eigenvalue weighted by molar-refractivity contribution is -0.385. The average molecular weight is 297 g/mol. The van der Waals surface area contributed by atoms with Crippen LogP contribution < -0.4 is 5.73 Å². The van der Waals surface area contributed by atoms with E-state index in [0.29, 0.717) is 32.0 Å². The minimum Gasteiger partial charge on any atom is -0.396 e. The highest BCUT2D eigenvalue weighted by molar-refractivity contribution is 5.99. The van der Waals surface area contributed by atoms with Crippen molar-refractivity contribution in [2.45, 2.75) is 18.9 Å². The summed E-state index contributed by atoms with van der Waals surface area (Å²) in [6, 6.07) is 1.71. The van der Waals surface area contributed by atoms with Crippen molar-refractivity contribution in [3.63, 3.8) is 0 Å². The number of amides is 1. The van der Waals surface area contributed by atoms with Gasteiger partial charge in [-0.25, -0.2) is 4.39 Å². The van der Waals surface area contributed by atoms with Gasteiger partial charge in [-0.05, 0) is 18.9 Å². The summed E-state index contributed by atoms with van der Waals surface area (Å²) in [4.78, 5) is 24.1. The number of methoxy groups -OCH3 is 1. The third-order valence-corrected chi connectivity index (χ3v) is 3.60. The number of hydrogen-bond acceptors (Lipinski definition) is 5. The predicted octanol–water partition coefficient (Wildman–Crippen LogP) is 1.57. The van der Waals surface area contributed by atoms with Crippen LogP contribution in [-0.4, -0.2) is 42.0 Å². The number of nitrogens with zero attached hydrogens (tertiary/aromatic N) is 2. The first-order chi connectivity index (χ1) is 9.93. The van der Waals surface area contributed by atoms with Crippen LogP contribution >= 0.6 is 0 Å². The quantitative estimate of drug-likeness (QED) is 0.518. The second-order valence-corrected chi connectivity index (χ2v) is 4.88. The summed E-state index contributed by atoms with van der Waals surface area (Å²) in [6.07, 6.45) is 1.40. The number of nitro groups is 1. The van der Waals surface area contributed by atoms with Crippen molar-refractivity contribution in [1.29, 1.82) is 0 Å². The van der Waals surface area contributed by atoms with Crippen LogP contribution in [0.2, 0.25) is 0 Å². The number of rotatable bonds is 3. The Morgan fingerprint density at radius 1 is 1.48 bits per heavy atom. The topological polar surface area (TPSA) is 98.7 Å². The van der Waals surface area contributed by atoms with Gasteiger partial charge in [-0.1, -0.05) is 0 Å². The lowest BCUT2D eigenvalue weighted by Gasteiger charge is -2.31. The van der Waals surface area contributed by atoms with Gasteiger partial charge >= 0.3 is 0 Å². The number of ether oxygens (including phenoxy) is 1. The van der Waals surface area contributed by atoms with Crippen LogP contribution in [0, 0.1) is 15.9 Å². The fraction of sp³-hybridized carbons (Fsp3) is 0.462. The first kappa shape index (κ1) is 15.2. The van der Waals surface area contributed by atoms with E-state index < -0.39 is 22.3 Å². The summed E-state index contributed by atoms with van der Waals surface area (Å²) in [6.45, 7) is 0.873. The molecular formula is C13H16FN3O4. The van der Waals surface area contributed by atoms with Crippen molar-refractivity contribution in [3.05, 3.63) is 33.6 Å². The molecule has 1 aliphatic heterocycles. The maximum Gasteiger partial charge on any atom is 0.285 e. The number of hydrogen-bond donors (Lipinski definition) is 1. The first-order valence-electron chi connectivity index (χ1n) is 6.49. The van der Waals surface area contributed by atoms with Gasteiger partial charge in [-0.3, -0.25) is 14.9 Å². The van der Waals surface area contributed by atoms with Crippen LogP contribution in [0.3, 0.4) is 0 Å². The molecule has 2 rings (SSSR count). The molecule has 1 fully saturated rings. The zero-order chi connectivity index (χ0) is 15.6. The van der Waals surface area contributed by atoms with Crippen molar-refractivity contribution in [3.8, 4) is 0 Å². The number of carbonyl (C=O) groups excluding carboxylic acids is 1. The second-order valence-electron chi connectivity index (χ2n) is 4.88. The number of piperidine rings is 1. The summed E-state index contributed by atoms with van der Waals surface area (Å²) in [5, 5.41) is 11.0. The van der Waals surface area contributed by atoms with Gasteiger partial charge in [0.15, 0.2) is 5.82 Å². The number of benzene rings is 1. The zero-order valence-electron chi connectivity index (χ0n) is 11.5. The highest BCUT2D eigenvalue weighted by atomic mass is 19.1. The molecule has 1 aliphatic rings. The largest absolute Gasteiger partial charge is 0.396 e. The van der Waals surface area contributed by atoms with E-state index in [1.807, 2.05) is 0 Å². The molecule has 0 unspecified atom stereocenters. The summed E-state index contributed by atoms with van der Waals surface area (Å²) in [5.41, 5.74) is 4.38. The minimum absolute atomic E-state index is 0.0855. The Hall–Kier alpha value is -2.22. The zero-order valence-corrected chi connectivity index (χ0v) is 11.5. The molecule has 1 aromatic rings. The Morgan fingerprint density at radius 2 is 2.10 bits per heavy atom. The number of halogens is 1. The van der Waals surface area contributed by atoms with Crippen molar-refractivity contribution >= 4 is 17.3 Å². The molecule has 1 amide bonds. The molecule has 0 aromatic heterocycles. The molecule has 0 atom stereocenters. The molecule has 0 aliphatic carbocycles. The smallest absolute Gasteiger partial charge is 0.285 e. The summed E-state index contributed by atoms with van der Waals surface area (Å²) in [5.74, 6) is -1.42. The summed E-state index contributed by atoms with van der Waals surface area (Å²) < 4.78 is 18.6. The highest BCUT2D eigenvalue weighted by Gasteiger charge is 2.29. The minimum atomic E-state index is -0.906. The molecular weight excluding hydrogens is 281 g/mol. The van der Waals surface area contributed by atoms with Gasteiger partial charge in [-0.15, -0.1) is 0 Å². The van der Waals surface area contributed by atoms with Crippen LogP contribution in [0.1, 0.15) is 23.2 Å². The van der Waals surface area contributed by atoms with Crippen molar-refractivity contribution in [1.82, 2.24) is 4.90 Å². The normalized spacial score (nSPS) is 16.0. The van der Waals surface area contributed by atoms with Gasteiger partial charge in [0.05, 0.1) is 22.8 Å². The van der Waals surface area contributed by atoms with Gasteiger partial charge in [0, 0.05) is 20.2 Å². The molecule has 1 saturated heterocycles. The highest BCUT2D eigenvalue weighted by Crippen LogP contribution is 2.27. The van der Waals surface area contributed by atoms with Crippen LogP contribution in [0.5, 0.6) is 0 Å². The Kier molecular flexibility index (Phi) is 4.37. The van der Waals surface area contributed by atoms with Gasteiger partial charge in [0.1, 0.15) is 5.56 Å². The maximum atomic E-state index is 13.4. The third-order valence-electron chi connectivity index (χ3n) is 3.60.